The number of nitrogens with zero attached hydrogens (tertiary/aromatic N) is 4. The van der Waals surface area contributed by atoms with Crippen molar-refractivity contribution < 1.29 is 14.3 Å². The van der Waals surface area contributed by atoms with Gasteiger partial charge in [0.2, 0.25) is 0 Å². The summed E-state index contributed by atoms with van der Waals surface area (Å²) in [6, 6.07) is 3.86. The number of rotatable bonds is 5. The van der Waals surface area contributed by atoms with Crippen LogP contribution in [0.1, 0.15) is 6.42 Å². The van der Waals surface area contributed by atoms with Crippen LogP contribution in [-0.4, -0.2) is 64.5 Å². The number of aromatic nitrogens is 4. The maximum atomic E-state index is 11.5. The molecule has 4 atom stereocenters. The Morgan fingerprint density at radius 3 is 2.91 bits per heavy atom. The van der Waals surface area contributed by atoms with E-state index in [0.29, 0.717) is 30.2 Å². The Morgan fingerprint density at radius 1 is 1.26 bits per heavy atom. The number of primary amides is 1. The molecule has 0 unspecified atom stereocenters. The Kier molecular flexibility index (Phi) is 5.37. The van der Waals surface area contributed by atoms with Crippen molar-refractivity contribution in [2.24, 2.45) is 17.6 Å². The lowest BCUT2D eigenvalue weighted by molar-refractivity contribution is 0.0854. The van der Waals surface area contributed by atoms with Gasteiger partial charge in [-0.3, -0.25) is 0 Å². The van der Waals surface area contributed by atoms with Gasteiger partial charge in [-0.2, -0.15) is 0 Å². The van der Waals surface area contributed by atoms with Gasteiger partial charge in [0.1, 0.15) is 23.3 Å². The summed E-state index contributed by atoms with van der Waals surface area (Å²) in [7, 11) is 0. The lowest BCUT2D eigenvalue weighted by Crippen LogP contribution is -2.41. The van der Waals surface area contributed by atoms with Crippen molar-refractivity contribution in [3.8, 4) is 11.4 Å². The number of hydrogen-bond acceptors (Lipinski definition) is 8. The maximum absolute atomic E-state index is 11.5. The first-order valence-electron chi connectivity index (χ1n) is 11.3. The molecule has 2 aliphatic carbocycles. The summed E-state index contributed by atoms with van der Waals surface area (Å²) in [5.41, 5.74) is 8.45. The highest BCUT2D eigenvalue weighted by Crippen LogP contribution is 2.44. The van der Waals surface area contributed by atoms with Gasteiger partial charge >= 0.3 is 6.09 Å². The zero-order valence-electron chi connectivity index (χ0n) is 18.3. The number of aromatic amines is 1. The van der Waals surface area contributed by atoms with Crippen molar-refractivity contribution in [2.75, 3.05) is 36.5 Å². The third kappa shape index (κ3) is 3.78. The zero-order chi connectivity index (χ0) is 23.2. The van der Waals surface area contributed by atoms with E-state index in [2.05, 4.69) is 53.3 Å². The summed E-state index contributed by atoms with van der Waals surface area (Å²) in [5, 5.41) is 3.58. The number of fused-ring (bicyclic) bond motifs is 3. The molecule has 1 aliphatic heterocycles. The number of hydrogen-bond donors (Lipinski definition) is 3. The molecule has 11 heteroatoms. The number of pyridine rings is 2. The monoisotopic (exact) mass is 525 g/mol. The van der Waals surface area contributed by atoms with E-state index >= 15 is 0 Å². The van der Waals surface area contributed by atoms with Crippen LogP contribution < -0.4 is 16.0 Å². The van der Waals surface area contributed by atoms with E-state index in [1.165, 1.54) is 0 Å². The summed E-state index contributed by atoms with van der Waals surface area (Å²) >= 11 is 3.62. The largest absolute Gasteiger partial charge is 0.444 e. The molecule has 10 nitrogen and oxygen atoms in total. The highest BCUT2D eigenvalue weighted by molar-refractivity contribution is 9.10. The molecule has 0 spiro atoms. The van der Waals surface area contributed by atoms with E-state index in [9.17, 15) is 4.79 Å². The molecule has 4 N–H and O–H groups in total. The molecule has 6 rings (SSSR count). The van der Waals surface area contributed by atoms with E-state index in [1.54, 1.807) is 12.4 Å². The number of carbonyl (C=O) groups is 1. The fourth-order valence-electron chi connectivity index (χ4n) is 5.16. The molecule has 1 saturated carbocycles. The van der Waals surface area contributed by atoms with Gasteiger partial charge in [-0.25, -0.2) is 19.7 Å². The first-order chi connectivity index (χ1) is 16.6. The predicted octanol–water partition coefficient (Wildman–Crippen LogP) is 3.07. The minimum Gasteiger partial charge on any atom is -0.444 e. The number of ether oxygens (including phenoxy) is 2. The molecule has 3 aromatic rings. The minimum atomic E-state index is -0.757. The highest BCUT2D eigenvalue weighted by Gasteiger charge is 2.47. The van der Waals surface area contributed by atoms with Crippen molar-refractivity contribution in [1.82, 2.24) is 19.9 Å². The smallest absolute Gasteiger partial charge is 0.404 e. The third-order valence-electron chi connectivity index (χ3n) is 6.77. The number of imidazole rings is 1. The summed E-state index contributed by atoms with van der Waals surface area (Å²) < 4.78 is 11.7. The van der Waals surface area contributed by atoms with Gasteiger partial charge in [0.15, 0.2) is 5.65 Å². The van der Waals surface area contributed by atoms with Gasteiger partial charge in [0, 0.05) is 42.9 Å². The van der Waals surface area contributed by atoms with Crippen LogP contribution in [0.15, 0.2) is 41.2 Å². The second-order valence-corrected chi connectivity index (χ2v) is 9.64. The first kappa shape index (κ1) is 21.4. The minimum absolute atomic E-state index is 0.0987. The molecule has 176 valence electrons. The van der Waals surface area contributed by atoms with Crippen LogP contribution in [0, 0.1) is 11.8 Å². The second kappa shape index (κ2) is 8.55. The normalized spacial score (nSPS) is 25.7. The van der Waals surface area contributed by atoms with E-state index in [4.69, 9.17) is 20.2 Å². The van der Waals surface area contributed by atoms with Crippen molar-refractivity contribution in [3.05, 3.63) is 41.2 Å². The molecule has 0 radical (unpaired) electrons. The van der Waals surface area contributed by atoms with Gasteiger partial charge in [0.25, 0.3) is 0 Å². The van der Waals surface area contributed by atoms with Gasteiger partial charge < -0.3 is 30.4 Å². The van der Waals surface area contributed by atoms with Crippen LogP contribution in [0.3, 0.4) is 0 Å². The number of nitrogens with two attached hydrogens (primary N) is 1. The fourth-order valence-corrected chi connectivity index (χ4v) is 5.57. The van der Waals surface area contributed by atoms with Crippen molar-refractivity contribution >= 4 is 44.7 Å². The average Bonchev–Trinajstić information content (AvgIpc) is 3.57. The summed E-state index contributed by atoms with van der Waals surface area (Å²) in [6.45, 7) is 3.02. The molecule has 3 aromatic heterocycles. The standard InChI is InChI=1S/C23H24BrN7O3/c24-15-11-27-22-19(18(15)28-17-12-1-2-13(9-12)20(17)34-23(25)32)29-21(30-22)14-3-4-26-16(10-14)31-5-7-33-8-6-31/h1-4,10-13,17,20H,5-9H2,(H2,25,32)(H2,27,28,29,30)/t12-,13+,17+,20-/m0/s1. The number of amides is 1. The third-order valence-corrected chi connectivity index (χ3v) is 7.37. The number of anilines is 2. The van der Waals surface area contributed by atoms with Crippen LogP contribution >= 0.6 is 15.9 Å². The summed E-state index contributed by atoms with van der Waals surface area (Å²) in [5.74, 6) is 2.02. The van der Waals surface area contributed by atoms with E-state index in [1.807, 2.05) is 12.1 Å². The topological polar surface area (TPSA) is 131 Å². The lowest BCUT2D eigenvalue weighted by Gasteiger charge is -2.29. The summed E-state index contributed by atoms with van der Waals surface area (Å²) in [4.78, 5) is 31.0. The zero-order valence-corrected chi connectivity index (χ0v) is 19.9. The summed E-state index contributed by atoms with van der Waals surface area (Å²) in [6.07, 6.45) is 7.67. The Bertz CT molecular complexity index is 1270. The van der Waals surface area contributed by atoms with Crippen molar-refractivity contribution in [3.63, 3.8) is 0 Å². The fraction of sp³-hybridized carbons (Fsp3) is 0.391. The number of halogens is 1. The second-order valence-electron chi connectivity index (χ2n) is 8.79. The number of nitrogens with one attached hydrogen (secondary N) is 2. The van der Waals surface area contributed by atoms with Crippen molar-refractivity contribution in [2.45, 2.75) is 18.6 Å². The quantitative estimate of drug-likeness (QED) is 0.433. The van der Waals surface area contributed by atoms with Gasteiger partial charge in [-0.15, -0.1) is 0 Å². The highest BCUT2D eigenvalue weighted by atomic mass is 79.9. The van der Waals surface area contributed by atoms with Gasteiger partial charge in [0.05, 0.1) is 29.4 Å². The number of carbonyl (C=O) groups excluding carboxylic acids is 1. The number of morpholine rings is 1. The molecule has 4 heterocycles. The molecular formula is C23H24BrN7O3. The molecule has 0 aromatic carbocycles. The maximum Gasteiger partial charge on any atom is 0.404 e. The molecule has 1 amide bonds. The molecular weight excluding hydrogens is 502 g/mol. The van der Waals surface area contributed by atoms with Gasteiger partial charge in [-0.05, 0) is 34.5 Å². The van der Waals surface area contributed by atoms with Gasteiger partial charge in [-0.1, -0.05) is 12.2 Å². The van der Waals surface area contributed by atoms with E-state index in [-0.39, 0.29) is 24.0 Å². The van der Waals surface area contributed by atoms with Crippen molar-refractivity contribution in [1.29, 1.82) is 0 Å². The molecule has 3 aliphatic rings. The Morgan fingerprint density at radius 2 is 2.09 bits per heavy atom. The Labute approximate surface area is 204 Å². The van der Waals surface area contributed by atoms with Crippen LogP contribution in [0.5, 0.6) is 0 Å². The SMILES string of the molecule is NC(=O)O[C@@H]1[C@H](Nc2c(Br)cnc3[nH]c(-c4ccnc(N5CCOCC5)c4)nc23)[C@H]2C=C[C@@H]1C2. The average molecular weight is 526 g/mol. The van der Waals surface area contributed by atoms with Crippen LogP contribution in [-0.2, 0) is 9.47 Å². The molecule has 1 saturated heterocycles. The van der Waals surface area contributed by atoms with Crippen LogP contribution in [0.25, 0.3) is 22.6 Å². The van der Waals surface area contributed by atoms with E-state index in [0.717, 1.165) is 41.1 Å². The molecule has 2 fully saturated rings. The Balaban J connectivity index is 1.33. The van der Waals surface area contributed by atoms with E-state index < -0.39 is 6.09 Å². The predicted molar refractivity (Wildman–Crippen MR) is 130 cm³/mol. The first-order valence-corrected chi connectivity index (χ1v) is 12.1. The molecule has 2 bridgehead atoms. The Hall–Kier alpha value is -3.18. The van der Waals surface area contributed by atoms with Crippen LogP contribution in [0.4, 0.5) is 16.3 Å². The lowest BCUT2D eigenvalue weighted by atomic mass is 9.98. The molecule has 34 heavy (non-hydrogen) atoms. The number of H-pyrrole nitrogens is 1. The van der Waals surface area contributed by atoms with Crippen LogP contribution in [0.2, 0.25) is 0 Å².